The molecule has 2 aromatic carbocycles. The van der Waals surface area contributed by atoms with Crippen molar-refractivity contribution in [3.63, 3.8) is 0 Å². The van der Waals surface area contributed by atoms with Crippen molar-refractivity contribution in [2.45, 2.75) is 32.7 Å². The van der Waals surface area contributed by atoms with Crippen molar-refractivity contribution in [1.29, 1.82) is 0 Å². The molecule has 166 valence electrons. The number of aryl methyl sites for hydroxylation is 1. The van der Waals surface area contributed by atoms with Crippen LogP contribution in [-0.2, 0) is 4.74 Å². The van der Waals surface area contributed by atoms with Gasteiger partial charge in [-0.15, -0.1) is 0 Å². The molecule has 0 radical (unpaired) electrons. The highest BCUT2D eigenvalue weighted by Gasteiger charge is 2.27. The normalized spacial score (nSPS) is 14.4. The van der Waals surface area contributed by atoms with Gasteiger partial charge in [-0.3, -0.25) is 4.79 Å². The van der Waals surface area contributed by atoms with Gasteiger partial charge < -0.3 is 19.4 Å². The molecule has 1 aliphatic rings. The molecule has 7 nitrogen and oxygen atoms in total. The summed E-state index contributed by atoms with van der Waals surface area (Å²) in [5.41, 5.74) is 1.95. The number of rotatable bonds is 4. The molecule has 0 saturated carbocycles. The van der Waals surface area contributed by atoms with Crippen LogP contribution < -0.4 is 10.9 Å². The zero-order valence-corrected chi connectivity index (χ0v) is 18.2. The largest absolute Gasteiger partial charge is 0.450 e. The summed E-state index contributed by atoms with van der Waals surface area (Å²) in [5.74, 6) is -0.427. The molecule has 2 heterocycles. The smallest absolute Gasteiger partial charge is 0.409 e. The Kier molecular flexibility index (Phi) is 6.25. The number of ether oxygens (including phenoxy) is 1. The van der Waals surface area contributed by atoms with Gasteiger partial charge >= 0.3 is 11.7 Å². The maximum absolute atomic E-state index is 13.2. The maximum Gasteiger partial charge on any atom is 0.409 e. The highest BCUT2D eigenvalue weighted by atomic mass is 16.6. The van der Waals surface area contributed by atoms with Gasteiger partial charge in [0, 0.05) is 30.1 Å². The second-order valence-electron chi connectivity index (χ2n) is 7.94. The molecular weight excluding hydrogens is 408 g/mol. The summed E-state index contributed by atoms with van der Waals surface area (Å²) in [6.07, 6.45) is 0.865. The Labute approximate surface area is 186 Å². The molecule has 7 heteroatoms. The molecule has 0 aliphatic carbocycles. The van der Waals surface area contributed by atoms with Gasteiger partial charge in [-0.2, -0.15) is 0 Å². The minimum atomic E-state index is -0.543. The third-order valence-electron chi connectivity index (χ3n) is 5.74. The van der Waals surface area contributed by atoms with E-state index in [-0.39, 0.29) is 17.9 Å². The average molecular weight is 434 g/mol. The maximum atomic E-state index is 13.2. The SMILES string of the molecule is CCOC(=O)N1CCC(NC(=O)c2oc(=O)c3ccccc3c2-c2ccc(C)cc2)CC1. The number of carbonyl (C=O) groups is 2. The van der Waals surface area contributed by atoms with Gasteiger partial charge in [-0.25, -0.2) is 9.59 Å². The molecule has 32 heavy (non-hydrogen) atoms. The van der Waals surface area contributed by atoms with E-state index >= 15 is 0 Å². The monoisotopic (exact) mass is 434 g/mol. The lowest BCUT2D eigenvalue weighted by Gasteiger charge is -2.31. The number of nitrogens with one attached hydrogen (secondary N) is 1. The number of amides is 2. The molecule has 0 bridgehead atoms. The molecule has 0 atom stereocenters. The van der Waals surface area contributed by atoms with Gasteiger partial charge in [0.1, 0.15) is 0 Å². The van der Waals surface area contributed by atoms with Gasteiger partial charge in [0.2, 0.25) is 5.76 Å². The Balaban J connectivity index is 1.63. The predicted octanol–water partition coefficient (Wildman–Crippen LogP) is 4.12. The predicted molar refractivity (Wildman–Crippen MR) is 122 cm³/mol. The summed E-state index contributed by atoms with van der Waals surface area (Å²) < 4.78 is 10.6. The summed E-state index contributed by atoms with van der Waals surface area (Å²) in [4.78, 5) is 39.4. The second-order valence-corrected chi connectivity index (χ2v) is 7.94. The van der Waals surface area contributed by atoms with Crippen molar-refractivity contribution in [2.24, 2.45) is 0 Å². The molecular formula is C25H26N2O5. The van der Waals surface area contributed by atoms with Crippen LogP contribution in [0.5, 0.6) is 0 Å². The number of likely N-dealkylation sites (tertiary alicyclic amines) is 1. The number of fused-ring (bicyclic) bond motifs is 1. The first-order valence-electron chi connectivity index (χ1n) is 10.8. The fourth-order valence-electron chi connectivity index (χ4n) is 4.04. The summed E-state index contributed by atoms with van der Waals surface area (Å²) in [6, 6.07) is 14.8. The Morgan fingerprint density at radius 1 is 1.06 bits per heavy atom. The molecule has 1 saturated heterocycles. The van der Waals surface area contributed by atoms with Crippen LogP contribution in [-0.4, -0.2) is 42.6 Å². The quantitative estimate of drug-likeness (QED) is 0.667. The third kappa shape index (κ3) is 4.37. The molecule has 0 spiro atoms. The van der Waals surface area contributed by atoms with Crippen LogP contribution in [0.3, 0.4) is 0 Å². The third-order valence-corrected chi connectivity index (χ3v) is 5.74. The van der Waals surface area contributed by atoms with Gasteiger partial charge in [0.05, 0.1) is 12.0 Å². The zero-order valence-electron chi connectivity index (χ0n) is 18.2. The first-order valence-corrected chi connectivity index (χ1v) is 10.8. The van der Waals surface area contributed by atoms with Crippen molar-refractivity contribution in [1.82, 2.24) is 10.2 Å². The van der Waals surface area contributed by atoms with Gasteiger partial charge in [0.15, 0.2) is 0 Å². The number of hydrogen-bond acceptors (Lipinski definition) is 5. The lowest BCUT2D eigenvalue weighted by Crippen LogP contribution is -2.46. The van der Waals surface area contributed by atoms with Crippen LogP contribution in [0.1, 0.15) is 35.9 Å². The Morgan fingerprint density at radius 2 is 1.72 bits per heavy atom. The molecule has 1 aromatic heterocycles. The van der Waals surface area contributed by atoms with Crippen molar-refractivity contribution in [2.75, 3.05) is 19.7 Å². The van der Waals surface area contributed by atoms with E-state index in [9.17, 15) is 14.4 Å². The molecule has 0 unspecified atom stereocenters. The number of nitrogens with zero attached hydrogens (tertiary/aromatic N) is 1. The highest BCUT2D eigenvalue weighted by molar-refractivity contribution is 6.07. The lowest BCUT2D eigenvalue weighted by molar-refractivity contribution is 0.0838. The Bertz CT molecular complexity index is 1190. The fraction of sp³-hybridized carbons (Fsp3) is 0.320. The van der Waals surface area contributed by atoms with Crippen molar-refractivity contribution in [3.8, 4) is 11.1 Å². The number of carbonyl (C=O) groups excluding carboxylic acids is 2. The number of benzene rings is 2. The summed E-state index contributed by atoms with van der Waals surface area (Å²) in [5, 5.41) is 4.10. The van der Waals surface area contributed by atoms with Crippen LogP contribution in [0, 0.1) is 6.92 Å². The van der Waals surface area contributed by atoms with Crippen molar-refractivity contribution >= 4 is 22.8 Å². The second kappa shape index (κ2) is 9.26. The molecule has 1 N–H and O–H groups in total. The Morgan fingerprint density at radius 3 is 2.38 bits per heavy atom. The number of piperidine rings is 1. The Hall–Kier alpha value is -3.61. The first-order chi connectivity index (χ1) is 15.5. The summed E-state index contributed by atoms with van der Waals surface area (Å²) in [7, 11) is 0. The molecule has 1 fully saturated rings. The zero-order chi connectivity index (χ0) is 22.7. The fourth-order valence-corrected chi connectivity index (χ4v) is 4.04. The molecule has 4 rings (SSSR count). The van der Waals surface area contributed by atoms with Crippen LogP contribution in [0.15, 0.2) is 57.7 Å². The van der Waals surface area contributed by atoms with E-state index in [4.69, 9.17) is 9.15 Å². The van der Waals surface area contributed by atoms with E-state index in [0.717, 1.165) is 11.1 Å². The highest BCUT2D eigenvalue weighted by Crippen LogP contribution is 2.31. The van der Waals surface area contributed by atoms with Gasteiger partial charge in [0.25, 0.3) is 5.91 Å². The molecule has 1 aliphatic heterocycles. The first kappa shape index (κ1) is 21.6. The molecule has 3 aromatic rings. The van der Waals surface area contributed by atoms with E-state index in [1.807, 2.05) is 43.3 Å². The van der Waals surface area contributed by atoms with Crippen LogP contribution in [0.4, 0.5) is 4.79 Å². The van der Waals surface area contributed by atoms with E-state index in [1.165, 1.54) is 0 Å². The molecule has 2 amide bonds. The summed E-state index contributed by atoms with van der Waals surface area (Å²) >= 11 is 0. The lowest BCUT2D eigenvalue weighted by atomic mass is 9.97. The van der Waals surface area contributed by atoms with Crippen LogP contribution >= 0.6 is 0 Å². The van der Waals surface area contributed by atoms with Gasteiger partial charge in [-0.05, 0) is 38.3 Å². The minimum absolute atomic E-state index is 0.00498. The van der Waals surface area contributed by atoms with Crippen molar-refractivity contribution < 1.29 is 18.7 Å². The van der Waals surface area contributed by atoms with Gasteiger partial charge in [-0.1, -0.05) is 48.0 Å². The topological polar surface area (TPSA) is 88.8 Å². The average Bonchev–Trinajstić information content (AvgIpc) is 2.80. The standard InChI is InChI=1S/C25H26N2O5/c1-3-31-25(30)27-14-12-18(13-15-27)26-23(28)22-21(17-10-8-16(2)9-11-17)19-6-4-5-7-20(19)24(29)32-22/h4-11,18H,3,12-15H2,1-2H3,(H,26,28). The van der Waals surface area contributed by atoms with Crippen LogP contribution in [0.25, 0.3) is 21.9 Å². The van der Waals surface area contributed by atoms with E-state index in [1.54, 1.807) is 24.0 Å². The van der Waals surface area contributed by atoms with E-state index < -0.39 is 11.5 Å². The minimum Gasteiger partial charge on any atom is -0.450 e. The van der Waals surface area contributed by atoms with Crippen molar-refractivity contribution in [3.05, 3.63) is 70.3 Å². The van der Waals surface area contributed by atoms with Crippen LogP contribution in [0.2, 0.25) is 0 Å². The van der Waals surface area contributed by atoms with E-state index in [2.05, 4.69) is 5.32 Å². The summed E-state index contributed by atoms with van der Waals surface area (Å²) in [6.45, 7) is 5.09. The number of hydrogen-bond donors (Lipinski definition) is 1. The van der Waals surface area contributed by atoms with E-state index in [0.29, 0.717) is 48.9 Å².